The van der Waals surface area contributed by atoms with Gasteiger partial charge in [-0.3, -0.25) is 0 Å². The molecule has 0 N–H and O–H groups in total. The smallest absolute Gasteiger partial charge is 0.236 e. The van der Waals surface area contributed by atoms with Crippen LogP contribution < -0.4 is 0 Å². The van der Waals surface area contributed by atoms with Gasteiger partial charge in [0, 0.05) is 47.6 Å². The lowest BCUT2D eigenvalue weighted by Crippen LogP contribution is -2.25. The largest absolute Gasteiger partial charge is 0.456 e. The summed E-state index contributed by atoms with van der Waals surface area (Å²) < 4.78 is 32.4. The Kier molecular flexibility index (Phi) is 4.40. The summed E-state index contributed by atoms with van der Waals surface area (Å²) in [7, 11) is -1.34. The van der Waals surface area contributed by atoms with Crippen LogP contribution in [0.4, 0.5) is 0 Å². The second-order valence-electron chi connectivity index (χ2n) is 6.79. The summed E-state index contributed by atoms with van der Waals surface area (Å²) in [6, 6.07) is 3.72. The Labute approximate surface area is 152 Å². The third-order valence-electron chi connectivity index (χ3n) is 5.02. The van der Waals surface area contributed by atoms with Gasteiger partial charge in [0.15, 0.2) is 0 Å². The summed E-state index contributed by atoms with van der Waals surface area (Å²) in [5.41, 5.74) is 2.87. The van der Waals surface area contributed by atoms with Crippen LogP contribution in [0.5, 0.6) is 0 Å². The Morgan fingerprint density at radius 3 is 2.68 bits per heavy atom. The van der Waals surface area contributed by atoms with Gasteiger partial charge in [-0.1, -0.05) is 11.6 Å². The van der Waals surface area contributed by atoms with Crippen LogP contribution in [0.2, 0.25) is 5.02 Å². The Morgan fingerprint density at radius 2 is 1.92 bits per heavy atom. The number of hydrogen-bond acceptors (Lipinski definition) is 4. The molecular formula is C18H21ClN2O3S. The van der Waals surface area contributed by atoms with Crippen molar-refractivity contribution in [3.05, 3.63) is 39.5 Å². The number of rotatable bonds is 3. The molecular weight excluding hydrogens is 360 g/mol. The maximum absolute atomic E-state index is 12.5. The molecule has 0 bridgehead atoms. The first-order valence-electron chi connectivity index (χ1n) is 8.55. The topological polar surface area (TPSA) is 53.8 Å². The fraction of sp³-hybridized carbons (Fsp3) is 0.444. The maximum Gasteiger partial charge on any atom is 0.236 e. The number of furan rings is 1. The van der Waals surface area contributed by atoms with E-state index in [0.717, 1.165) is 52.9 Å². The second-order valence-corrected chi connectivity index (χ2v) is 9.01. The van der Waals surface area contributed by atoms with Gasteiger partial charge in [-0.05, 0) is 50.1 Å². The molecule has 1 saturated heterocycles. The zero-order chi connectivity index (χ0) is 17.6. The van der Waals surface area contributed by atoms with Gasteiger partial charge < -0.3 is 9.32 Å². The third kappa shape index (κ3) is 3.12. The molecule has 4 rings (SSSR count). The molecule has 3 heterocycles. The minimum Gasteiger partial charge on any atom is -0.456 e. The van der Waals surface area contributed by atoms with Crippen molar-refractivity contribution in [3.63, 3.8) is 0 Å². The van der Waals surface area contributed by atoms with E-state index >= 15 is 0 Å². The lowest BCUT2D eigenvalue weighted by Gasteiger charge is -2.13. The van der Waals surface area contributed by atoms with Crippen molar-refractivity contribution in [2.45, 2.75) is 25.8 Å². The van der Waals surface area contributed by atoms with Crippen molar-refractivity contribution in [2.75, 3.05) is 26.7 Å². The van der Waals surface area contributed by atoms with E-state index in [9.17, 15) is 8.42 Å². The molecule has 0 saturated carbocycles. The second kappa shape index (κ2) is 6.43. The molecule has 0 radical (unpaired) electrons. The van der Waals surface area contributed by atoms with Crippen LogP contribution in [0.3, 0.4) is 0 Å². The first-order valence-corrected chi connectivity index (χ1v) is 10.4. The van der Waals surface area contributed by atoms with E-state index in [1.165, 1.54) is 9.71 Å². The highest BCUT2D eigenvalue weighted by Gasteiger charge is 2.25. The highest BCUT2D eigenvalue weighted by molar-refractivity contribution is 7.92. The highest BCUT2D eigenvalue weighted by atomic mass is 35.5. The van der Waals surface area contributed by atoms with Gasteiger partial charge in [0.25, 0.3) is 0 Å². The van der Waals surface area contributed by atoms with Gasteiger partial charge in [0.2, 0.25) is 10.0 Å². The van der Waals surface area contributed by atoms with E-state index in [1.807, 2.05) is 19.2 Å². The quantitative estimate of drug-likeness (QED) is 0.818. The zero-order valence-corrected chi connectivity index (χ0v) is 15.7. The Morgan fingerprint density at radius 1 is 1.16 bits per heavy atom. The molecule has 0 amide bonds. The number of hydrogen-bond donors (Lipinski definition) is 0. The van der Waals surface area contributed by atoms with Crippen molar-refractivity contribution in [1.82, 2.24) is 9.21 Å². The van der Waals surface area contributed by atoms with Crippen molar-refractivity contribution in [2.24, 2.45) is 0 Å². The van der Waals surface area contributed by atoms with Crippen LogP contribution >= 0.6 is 11.6 Å². The molecule has 134 valence electrons. The van der Waals surface area contributed by atoms with Gasteiger partial charge in [-0.25, -0.2) is 8.42 Å². The molecule has 2 aliphatic heterocycles. The van der Waals surface area contributed by atoms with Crippen LogP contribution in [0, 0.1) is 0 Å². The monoisotopic (exact) mass is 380 g/mol. The molecule has 0 spiro atoms. The molecule has 1 fully saturated rings. The average molecular weight is 381 g/mol. The van der Waals surface area contributed by atoms with Crippen molar-refractivity contribution < 1.29 is 12.8 Å². The van der Waals surface area contributed by atoms with Crippen molar-refractivity contribution >= 4 is 38.7 Å². The number of benzene rings is 1. The third-order valence-corrected chi connectivity index (χ3v) is 6.94. The number of halogens is 1. The molecule has 0 unspecified atom stereocenters. The lowest BCUT2D eigenvalue weighted by atomic mass is 10.0. The van der Waals surface area contributed by atoms with E-state index in [2.05, 4.69) is 4.90 Å². The first kappa shape index (κ1) is 17.1. The molecule has 2 aromatic rings. The van der Waals surface area contributed by atoms with E-state index in [4.69, 9.17) is 16.0 Å². The van der Waals surface area contributed by atoms with Gasteiger partial charge in [0.1, 0.15) is 11.3 Å². The summed E-state index contributed by atoms with van der Waals surface area (Å²) in [6.45, 7) is 2.82. The summed E-state index contributed by atoms with van der Waals surface area (Å²) in [4.78, 5) is 2.20. The standard InChI is InChI=1S/C18H21ClN2O3S/c1-20-10-6-13-15(19)4-5-17-18(13)14(12-20)16(24-17)7-11-25(22,23)21-8-2-3-9-21/h4-5,7,11H,2-3,6,8-10,12H2,1H3. The maximum atomic E-state index is 12.5. The number of nitrogens with zero attached hydrogens (tertiary/aromatic N) is 2. The SMILES string of the molecule is CN1CCc2c(Cl)ccc3oc(C=CS(=O)(=O)N4CCCC4)c(c23)C1. The van der Waals surface area contributed by atoms with Gasteiger partial charge in [-0.15, -0.1) is 0 Å². The lowest BCUT2D eigenvalue weighted by molar-refractivity contribution is 0.334. The molecule has 1 aromatic heterocycles. The molecule has 0 aliphatic carbocycles. The molecule has 0 atom stereocenters. The molecule has 1 aromatic carbocycles. The Hall–Kier alpha value is -1.34. The van der Waals surface area contributed by atoms with Crippen LogP contribution in [-0.2, 0) is 23.0 Å². The molecule has 25 heavy (non-hydrogen) atoms. The van der Waals surface area contributed by atoms with Gasteiger partial charge in [-0.2, -0.15) is 4.31 Å². The molecule has 7 heteroatoms. The van der Waals surface area contributed by atoms with Crippen molar-refractivity contribution in [1.29, 1.82) is 0 Å². The van der Waals surface area contributed by atoms with Crippen molar-refractivity contribution in [3.8, 4) is 0 Å². The van der Waals surface area contributed by atoms with E-state index in [-0.39, 0.29) is 0 Å². The van der Waals surface area contributed by atoms with E-state index in [0.29, 0.717) is 25.4 Å². The minimum atomic E-state index is -3.39. The zero-order valence-electron chi connectivity index (χ0n) is 14.2. The number of likely N-dealkylation sites (N-methyl/N-ethyl adjacent to an activating group) is 1. The normalized spacial score (nSPS) is 19.9. The first-order chi connectivity index (χ1) is 12.0. The molecule has 5 nitrogen and oxygen atoms in total. The van der Waals surface area contributed by atoms with Crippen LogP contribution in [0.15, 0.2) is 22.0 Å². The van der Waals surface area contributed by atoms with Crippen LogP contribution in [-0.4, -0.2) is 44.3 Å². The Bertz CT molecular complexity index is 943. The van der Waals surface area contributed by atoms with Gasteiger partial charge in [0.05, 0.1) is 0 Å². The fourth-order valence-electron chi connectivity index (χ4n) is 3.68. The van der Waals surface area contributed by atoms with E-state index in [1.54, 1.807) is 6.08 Å². The predicted molar refractivity (Wildman–Crippen MR) is 100 cm³/mol. The fourth-order valence-corrected chi connectivity index (χ4v) is 5.17. The van der Waals surface area contributed by atoms with Gasteiger partial charge >= 0.3 is 0 Å². The average Bonchev–Trinajstić information content (AvgIpc) is 3.18. The van der Waals surface area contributed by atoms with Crippen LogP contribution in [0.25, 0.3) is 17.0 Å². The summed E-state index contributed by atoms with van der Waals surface area (Å²) >= 11 is 6.39. The minimum absolute atomic E-state index is 0.599. The molecule has 2 aliphatic rings. The predicted octanol–water partition coefficient (Wildman–Crippen LogP) is 3.47. The van der Waals surface area contributed by atoms with Crippen LogP contribution in [0.1, 0.15) is 29.7 Å². The van der Waals surface area contributed by atoms with E-state index < -0.39 is 10.0 Å². The summed E-state index contributed by atoms with van der Waals surface area (Å²) in [6.07, 6.45) is 4.31. The summed E-state index contributed by atoms with van der Waals surface area (Å²) in [5.74, 6) is 0.607. The number of sulfonamides is 1. The summed E-state index contributed by atoms with van der Waals surface area (Å²) in [5, 5.41) is 3.05. The highest BCUT2D eigenvalue weighted by Crippen LogP contribution is 2.36. The Balaban J connectivity index is 1.79.